The van der Waals surface area contributed by atoms with Crippen LogP contribution in [0.4, 0.5) is 4.79 Å². The van der Waals surface area contributed by atoms with Crippen molar-refractivity contribution in [2.45, 2.75) is 51.3 Å². The predicted octanol–water partition coefficient (Wildman–Crippen LogP) is 1.81. The van der Waals surface area contributed by atoms with Gasteiger partial charge in [0.25, 0.3) is 0 Å². The van der Waals surface area contributed by atoms with Gasteiger partial charge in [-0.15, -0.1) is 0 Å². The van der Waals surface area contributed by atoms with Crippen molar-refractivity contribution >= 4 is 18.0 Å². The van der Waals surface area contributed by atoms with Gasteiger partial charge in [-0.1, -0.05) is 30.3 Å². The molecule has 2 N–H and O–H groups in total. The summed E-state index contributed by atoms with van der Waals surface area (Å²) >= 11 is 0. The van der Waals surface area contributed by atoms with Crippen LogP contribution in [0.25, 0.3) is 0 Å². The molecule has 0 spiro atoms. The standard InChI is InChI=1S/C18H24N2O5/c1-18(2,3)25-17(24)19-13-9-10-20(15(13)21)14(16(22)23)11-12-7-5-4-6-8-12/h4-8,13-14H,9-11H2,1-3H3,(H,19,24)(H,22,23)/t13-,14+/m1/s1. The molecule has 1 heterocycles. The summed E-state index contributed by atoms with van der Waals surface area (Å²) in [6.07, 6.45) is -0.0970. The van der Waals surface area contributed by atoms with Crippen molar-refractivity contribution in [1.29, 1.82) is 0 Å². The number of alkyl carbamates (subject to hydrolysis) is 1. The first kappa shape index (κ1) is 18.8. The zero-order chi connectivity index (χ0) is 18.6. The third kappa shape index (κ3) is 5.20. The van der Waals surface area contributed by atoms with Crippen LogP contribution in [0.5, 0.6) is 0 Å². The molecule has 1 aromatic carbocycles. The van der Waals surface area contributed by atoms with E-state index in [1.807, 2.05) is 30.3 Å². The summed E-state index contributed by atoms with van der Waals surface area (Å²) in [6.45, 7) is 5.48. The first-order chi connectivity index (χ1) is 11.7. The highest BCUT2D eigenvalue weighted by atomic mass is 16.6. The SMILES string of the molecule is CC(C)(C)OC(=O)N[C@@H]1CCN([C@@H](Cc2ccccc2)C(=O)O)C1=O. The zero-order valence-corrected chi connectivity index (χ0v) is 14.7. The third-order valence-corrected chi connectivity index (χ3v) is 3.86. The number of carbonyl (C=O) groups is 3. The molecule has 0 unspecified atom stereocenters. The van der Waals surface area contributed by atoms with Crippen LogP contribution in [-0.4, -0.2) is 52.2 Å². The van der Waals surface area contributed by atoms with E-state index < -0.39 is 35.7 Å². The number of rotatable bonds is 5. The maximum atomic E-state index is 12.5. The number of carboxylic acid groups (broad SMARTS) is 1. The van der Waals surface area contributed by atoms with E-state index >= 15 is 0 Å². The van der Waals surface area contributed by atoms with E-state index in [1.54, 1.807) is 20.8 Å². The second kappa shape index (κ2) is 7.55. The highest BCUT2D eigenvalue weighted by Crippen LogP contribution is 2.19. The number of carboxylic acids is 1. The minimum absolute atomic E-state index is 0.223. The van der Waals surface area contributed by atoms with E-state index in [2.05, 4.69) is 5.32 Å². The lowest BCUT2D eigenvalue weighted by molar-refractivity contribution is -0.148. The molecule has 136 valence electrons. The number of carbonyl (C=O) groups excluding carboxylic acids is 2. The van der Waals surface area contributed by atoms with E-state index in [4.69, 9.17) is 4.74 Å². The Balaban J connectivity index is 2.03. The molecule has 0 aliphatic carbocycles. The first-order valence-electron chi connectivity index (χ1n) is 8.24. The Hall–Kier alpha value is -2.57. The number of nitrogens with one attached hydrogen (secondary N) is 1. The summed E-state index contributed by atoms with van der Waals surface area (Å²) in [6, 6.07) is 7.44. The number of nitrogens with zero attached hydrogens (tertiary/aromatic N) is 1. The van der Waals surface area contributed by atoms with Gasteiger partial charge >= 0.3 is 12.1 Å². The molecule has 1 saturated heterocycles. The van der Waals surface area contributed by atoms with E-state index in [0.29, 0.717) is 6.42 Å². The van der Waals surface area contributed by atoms with Gasteiger partial charge in [0.05, 0.1) is 0 Å². The molecule has 2 rings (SSSR count). The third-order valence-electron chi connectivity index (χ3n) is 3.86. The van der Waals surface area contributed by atoms with Crippen LogP contribution in [0.2, 0.25) is 0 Å². The Kier molecular flexibility index (Phi) is 5.66. The molecular formula is C18H24N2O5. The second-order valence-corrected chi connectivity index (χ2v) is 7.06. The molecule has 1 aliphatic heterocycles. The fourth-order valence-electron chi connectivity index (χ4n) is 2.76. The van der Waals surface area contributed by atoms with Gasteiger partial charge in [0.1, 0.15) is 17.7 Å². The van der Waals surface area contributed by atoms with E-state index in [1.165, 1.54) is 4.90 Å². The zero-order valence-electron chi connectivity index (χ0n) is 14.7. The number of aliphatic carboxylic acids is 1. The summed E-state index contributed by atoms with van der Waals surface area (Å²) < 4.78 is 5.15. The van der Waals surface area contributed by atoms with Crippen LogP contribution in [-0.2, 0) is 20.7 Å². The Bertz CT molecular complexity index is 639. The number of benzene rings is 1. The summed E-state index contributed by atoms with van der Waals surface area (Å²) in [7, 11) is 0. The largest absolute Gasteiger partial charge is 0.480 e. The van der Waals surface area contributed by atoms with Crippen LogP contribution in [0, 0.1) is 0 Å². The molecule has 7 nitrogen and oxygen atoms in total. The van der Waals surface area contributed by atoms with Gasteiger partial charge in [0, 0.05) is 13.0 Å². The smallest absolute Gasteiger partial charge is 0.408 e. The Labute approximate surface area is 147 Å². The van der Waals surface area contributed by atoms with Crippen LogP contribution in [0.3, 0.4) is 0 Å². The summed E-state index contributed by atoms with van der Waals surface area (Å²) in [5.41, 5.74) is 0.175. The molecular weight excluding hydrogens is 324 g/mol. The van der Waals surface area contributed by atoms with E-state index in [9.17, 15) is 19.5 Å². The normalized spacial score (nSPS) is 18.8. The molecule has 2 amide bonds. The molecule has 1 aromatic rings. The minimum atomic E-state index is -1.06. The van der Waals surface area contributed by atoms with Crippen molar-refractivity contribution in [3.05, 3.63) is 35.9 Å². The number of hydrogen-bond acceptors (Lipinski definition) is 4. The van der Waals surface area contributed by atoms with E-state index in [-0.39, 0.29) is 13.0 Å². The van der Waals surface area contributed by atoms with Gasteiger partial charge in [-0.05, 0) is 32.8 Å². The van der Waals surface area contributed by atoms with Crippen molar-refractivity contribution in [1.82, 2.24) is 10.2 Å². The van der Waals surface area contributed by atoms with Gasteiger partial charge in [-0.2, -0.15) is 0 Å². The van der Waals surface area contributed by atoms with Gasteiger partial charge < -0.3 is 20.1 Å². The van der Waals surface area contributed by atoms with Crippen molar-refractivity contribution < 1.29 is 24.2 Å². The average molecular weight is 348 g/mol. The second-order valence-electron chi connectivity index (χ2n) is 7.06. The molecule has 0 saturated carbocycles. The number of amides is 2. The van der Waals surface area contributed by atoms with Crippen molar-refractivity contribution in [2.24, 2.45) is 0 Å². The molecule has 0 radical (unpaired) electrons. The number of likely N-dealkylation sites (tertiary alicyclic amines) is 1. The van der Waals surface area contributed by atoms with Crippen molar-refractivity contribution in [3.63, 3.8) is 0 Å². The molecule has 7 heteroatoms. The molecule has 0 bridgehead atoms. The molecule has 25 heavy (non-hydrogen) atoms. The van der Waals surface area contributed by atoms with Crippen molar-refractivity contribution in [2.75, 3.05) is 6.54 Å². The topological polar surface area (TPSA) is 95.9 Å². The highest BCUT2D eigenvalue weighted by molar-refractivity contribution is 5.91. The molecule has 2 atom stereocenters. The minimum Gasteiger partial charge on any atom is -0.480 e. The Morgan fingerprint density at radius 2 is 1.96 bits per heavy atom. The number of ether oxygens (including phenoxy) is 1. The van der Waals surface area contributed by atoms with Gasteiger partial charge in [0.2, 0.25) is 5.91 Å². The lowest BCUT2D eigenvalue weighted by Gasteiger charge is -2.25. The average Bonchev–Trinajstić information content (AvgIpc) is 2.84. The molecule has 0 aromatic heterocycles. The fourth-order valence-corrected chi connectivity index (χ4v) is 2.76. The Morgan fingerprint density at radius 1 is 1.32 bits per heavy atom. The maximum Gasteiger partial charge on any atom is 0.408 e. The van der Waals surface area contributed by atoms with Gasteiger partial charge in [0.15, 0.2) is 0 Å². The lowest BCUT2D eigenvalue weighted by Crippen LogP contribution is -2.48. The van der Waals surface area contributed by atoms with Crippen molar-refractivity contribution in [3.8, 4) is 0 Å². The van der Waals surface area contributed by atoms with Crippen LogP contribution < -0.4 is 5.32 Å². The van der Waals surface area contributed by atoms with Crippen LogP contribution in [0.15, 0.2) is 30.3 Å². The lowest BCUT2D eigenvalue weighted by atomic mass is 10.1. The summed E-state index contributed by atoms with van der Waals surface area (Å²) in [5.74, 6) is -1.45. The molecule has 1 fully saturated rings. The molecule has 1 aliphatic rings. The monoisotopic (exact) mass is 348 g/mol. The van der Waals surface area contributed by atoms with Gasteiger partial charge in [-0.25, -0.2) is 9.59 Å². The summed E-state index contributed by atoms with van der Waals surface area (Å²) in [4.78, 5) is 37.3. The quantitative estimate of drug-likeness (QED) is 0.846. The van der Waals surface area contributed by atoms with Crippen LogP contribution >= 0.6 is 0 Å². The first-order valence-corrected chi connectivity index (χ1v) is 8.24. The van der Waals surface area contributed by atoms with Crippen LogP contribution in [0.1, 0.15) is 32.8 Å². The van der Waals surface area contributed by atoms with Gasteiger partial charge in [-0.3, -0.25) is 4.79 Å². The highest BCUT2D eigenvalue weighted by Gasteiger charge is 2.40. The van der Waals surface area contributed by atoms with E-state index in [0.717, 1.165) is 5.56 Å². The fraction of sp³-hybridized carbons (Fsp3) is 0.500. The number of hydrogen-bond donors (Lipinski definition) is 2. The maximum absolute atomic E-state index is 12.5. The predicted molar refractivity (Wildman–Crippen MR) is 91.1 cm³/mol. The summed E-state index contributed by atoms with van der Waals surface area (Å²) in [5, 5.41) is 12.1. The Morgan fingerprint density at radius 3 is 2.52 bits per heavy atom.